The molecule has 1 aromatic rings. The van der Waals surface area contributed by atoms with E-state index >= 15 is 0 Å². The molecule has 0 unspecified atom stereocenters. The quantitative estimate of drug-likeness (QED) is 0.930. The molecule has 7 heteroatoms. The van der Waals surface area contributed by atoms with Crippen molar-refractivity contribution in [1.82, 2.24) is 15.1 Å². The van der Waals surface area contributed by atoms with Gasteiger partial charge < -0.3 is 5.32 Å². The van der Waals surface area contributed by atoms with Crippen molar-refractivity contribution in [2.24, 2.45) is 0 Å². The first-order valence-corrected chi connectivity index (χ1v) is 6.70. The number of nitrogens with one attached hydrogen (secondary N) is 1. The van der Waals surface area contributed by atoms with Crippen LogP contribution in [0.25, 0.3) is 0 Å². The monoisotopic (exact) mass is 289 g/mol. The molecule has 0 saturated heterocycles. The van der Waals surface area contributed by atoms with Crippen LogP contribution in [0.5, 0.6) is 0 Å². The van der Waals surface area contributed by atoms with Gasteiger partial charge in [0.05, 0.1) is 11.7 Å². The lowest BCUT2D eigenvalue weighted by molar-refractivity contribution is -0.154. The Morgan fingerprint density at radius 2 is 2.25 bits per heavy atom. The maximum absolute atomic E-state index is 12.2. The number of amides is 1. The summed E-state index contributed by atoms with van der Waals surface area (Å²) in [5, 5.41) is 6.85. The van der Waals surface area contributed by atoms with Gasteiger partial charge in [-0.2, -0.15) is 18.3 Å². The van der Waals surface area contributed by atoms with Crippen LogP contribution in [0.15, 0.2) is 6.20 Å². The van der Waals surface area contributed by atoms with E-state index in [2.05, 4.69) is 10.4 Å². The van der Waals surface area contributed by atoms with Gasteiger partial charge in [-0.05, 0) is 38.7 Å². The largest absolute Gasteiger partial charge is 0.397 e. The minimum atomic E-state index is -4.47. The predicted octanol–water partition coefficient (Wildman–Crippen LogP) is 2.91. The number of fused-ring (bicyclic) bond motifs is 1. The van der Waals surface area contributed by atoms with Crippen LogP contribution in [0, 0.1) is 0 Å². The Balaban J connectivity index is 2.10. The van der Waals surface area contributed by atoms with E-state index in [9.17, 15) is 18.0 Å². The van der Waals surface area contributed by atoms with Crippen molar-refractivity contribution in [3.8, 4) is 0 Å². The Bertz CT molecular complexity index is 494. The number of nitrogens with zero attached hydrogens (tertiary/aromatic N) is 2. The fourth-order valence-electron chi connectivity index (χ4n) is 2.40. The summed E-state index contributed by atoms with van der Waals surface area (Å²) in [6.07, 6.45) is -1.67. The number of carbonyl (C=O) groups excluding carboxylic acids is 1. The highest BCUT2D eigenvalue weighted by atomic mass is 19.4. The van der Waals surface area contributed by atoms with E-state index in [1.807, 2.05) is 20.0 Å². The molecule has 1 N–H and O–H groups in total. The van der Waals surface area contributed by atoms with Crippen LogP contribution < -0.4 is 5.32 Å². The van der Waals surface area contributed by atoms with E-state index in [0.29, 0.717) is 12.1 Å². The minimum absolute atomic E-state index is 0.187. The second kappa shape index (κ2) is 5.46. The SMILES string of the molecule is CC(C)n1cc2c(n1)[C@H](NC(=O)CC(F)(F)F)CCC2. The van der Waals surface area contributed by atoms with E-state index in [0.717, 1.165) is 18.4 Å². The lowest BCUT2D eigenvalue weighted by Crippen LogP contribution is -2.33. The van der Waals surface area contributed by atoms with Crippen LogP contribution in [-0.4, -0.2) is 21.9 Å². The first kappa shape index (κ1) is 14.9. The van der Waals surface area contributed by atoms with Crippen molar-refractivity contribution in [3.05, 3.63) is 17.5 Å². The number of rotatable bonds is 3. The molecule has 20 heavy (non-hydrogen) atoms. The first-order valence-electron chi connectivity index (χ1n) is 6.70. The summed E-state index contributed by atoms with van der Waals surface area (Å²) in [5.74, 6) is -0.991. The molecule has 1 aromatic heterocycles. The predicted molar refractivity (Wildman–Crippen MR) is 67.1 cm³/mol. The van der Waals surface area contributed by atoms with Gasteiger partial charge in [0.1, 0.15) is 6.42 Å². The lowest BCUT2D eigenvalue weighted by Gasteiger charge is -2.22. The maximum atomic E-state index is 12.2. The van der Waals surface area contributed by atoms with E-state index in [-0.39, 0.29) is 6.04 Å². The van der Waals surface area contributed by atoms with Crippen molar-refractivity contribution in [1.29, 1.82) is 0 Å². The first-order chi connectivity index (χ1) is 9.26. The second-order valence-corrected chi connectivity index (χ2v) is 5.42. The summed E-state index contributed by atoms with van der Waals surface area (Å²) < 4.78 is 38.3. The molecular weight excluding hydrogens is 271 g/mol. The third-order valence-electron chi connectivity index (χ3n) is 3.33. The number of hydrogen-bond acceptors (Lipinski definition) is 2. The van der Waals surface area contributed by atoms with Crippen LogP contribution in [0.1, 0.15) is 56.5 Å². The third-order valence-corrected chi connectivity index (χ3v) is 3.33. The average molecular weight is 289 g/mol. The van der Waals surface area contributed by atoms with Crippen molar-refractivity contribution >= 4 is 5.91 Å². The van der Waals surface area contributed by atoms with Gasteiger partial charge in [-0.15, -0.1) is 0 Å². The smallest absolute Gasteiger partial charge is 0.347 e. The van der Waals surface area contributed by atoms with Crippen LogP contribution in [0.2, 0.25) is 0 Å². The van der Waals surface area contributed by atoms with E-state index in [1.54, 1.807) is 4.68 Å². The molecule has 1 atom stereocenters. The van der Waals surface area contributed by atoms with Crippen molar-refractivity contribution in [3.63, 3.8) is 0 Å². The van der Waals surface area contributed by atoms with E-state index < -0.39 is 24.5 Å². The molecule has 112 valence electrons. The van der Waals surface area contributed by atoms with Crippen molar-refractivity contribution in [2.45, 2.75) is 57.8 Å². The summed E-state index contributed by atoms with van der Waals surface area (Å²) in [4.78, 5) is 11.4. The number of carbonyl (C=O) groups is 1. The molecule has 1 aliphatic carbocycles. The highest BCUT2D eigenvalue weighted by Crippen LogP contribution is 2.30. The number of aryl methyl sites for hydroxylation is 1. The molecule has 0 bridgehead atoms. The van der Waals surface area contributed by atoms with Crippen LogP contribution in [0.3, 0.4) is 0 Å². The van der Waals surface area contributed by atoms with Crippen LogP contribution in [0.4, 0.5) is 13.2 Å². The zero-order chi connectivity index (χ0) is 14.9. The molecule has 0 saturated carbocycles. The molecule has 1 amide bonds. The summed E-state index contributed by atoms with van der Waals surface area (Å²) in [7, 11) is 0. The Labute approximate surface area is 115 Å². The van der Waals surface area contributed by atoms with Gasteiger partial charge in [0.25, 0.3) is 0 Å². The number of hydrogen-bond donors (Lipinski definition) is 1. The van der Waals surface area contributed by atoms with Gasteiger partial charge in [-0.3, -0.25) is 9.48 Å². The highest BCUT2D eigenvalue weighted by Gasteiger charge is 2.33. The topological polar surface area (TPSA) is 46.9 Å². The standard InChI is InChI=1S/C13H18F3N3O/c1-8(2)19-7-9-4-3-5-10(12(9)18-19)17-11(20)6-13(14,15)16/h7-8,10H,3-6H2,1-2H3,(H,17,20)/t10-/m1/s1. The van der Waals surface area contributed by atoms with Crippen molar-refractivity contribution in [2.75, 3.05) is 0 Å². The average Bonchev–Trinajstić information content (AvgIpc) is 2.71. The van der Waals surface area contributed by atoms with Gasteiger partial charge in [0.2, 0.25) is 5.91 Å². The summed E-state index contributed by atoms with van der Waals surface area (Å²) in [6, 6.07) is -0.222. The molecule has 0 spiro atoms. The Morgan fingerprint density at radius 3 is 2.85 bits per heavy atom. The van der Waals surface area contributed by atoms with E-state index in [1.165, 1.54) is 0 Å². The normalized spacial score (nSPS) is 19.0. The van der Waals surface area contributed by atoms with Crippen LogP contribution in [-0.2, 0) is 11.2 Å². The van der Waals surface area contributed by atoms with E-state index in [4.69, 9.17) is 0 Å². The zero-order valence-corrected chi connectivity index (χ0v) is 11.5. The van der Waals surface area contributed by atoms with Gasteiger partial charge in [-0.25, -0.2) is 0 Å². The maximum Gasteiger partial charge on any atom is 0.397 e. The molecule has 1 heterocycles. The molecule has 0 aliphatic heterocycles. The molecule has 2 rings (SSSR count). The van der Waals surface area contributed by atoms with Crippen molar-refractivity contribution < 1.29 is 18.0 Å². The number of aromatic nitrogens is 2. The molecule has 0 radical (unpaired) electrons. The van der Waals surface area contributed by atoms with Gasteiger partial charge in [-0.1, -0.05) is 0 Å². The molecular formula is C13H18F3N3O. The van der Waals surface area contributed by atoms with Crippen LogP contribution >= 0.6 is 0 Å². The van der Waals surface area contributed by atoms with Gasteiger partial charge in [0.15, 0.2) is 0 Å². The lowest BCUT2D eigenvalue weighted by atomic mass is 9.93. The second-order valence-electron chi connectivity index (χ2n) is 5.42. The minimum Gasteiger partial charge on any atom is -0.347 e. The Kier molecular flexibility index (Phi) is 4.06. The zero-order valence-electron chi connectivity index (χ0n) is 11.5. The van der Waals surface area contributed by atoms with Gasteiger partial charge >= 0.3 is 6.18 Å². The summed E-state index contributed by atoms with van der Waals surface area (Å²) >= 11 is 0. The Morgan fingerprint density at radius 1 is 1.55 bits per heavy atom. The highest BCUT2D eigenvalue weighted by molar-refractivity contribution is 5.77. The summed E-state index contributed by atoms with van der Waals surface area (Å²) in [6.45, 7) is 3.96. The molecule has 0 aromatic carbocycles. The third kappa shape index (κ3) is 3.52. The number of halogens is 3. The Hall–Kier alpha value is -1.53. The summed E-state index contributed by atoms with van der Waals surface area (Å²) in [5.41, 5.74) is 1.72. The fraction of sp³-hybridized carbons (Fsp3) is 0.692. The molecule has 1 aliphatic rings. The number of alkyl halides is 3. The molecule has 0 fully saturated rings. The fourth-order valence-corrected chi connectivity index (χ4v) is 2.40. The molecule has 4 nitrogen and oxygen atoms in total. The van der Waals surface area contributed by atoms with Gasteiger partial charge in [0, 0.05) is 12.2 Å².